The van der Waals surface area contributed by atoms with E-state index in [0.717, 1.165) is 62.6 Å². The first-order valence-corrected chi connectivity index (χ1v) is 13.0. The van der Waals surface area contributed by atoms with E-state index in [9.17, 15) is 9.90 Å². The van der Waals surface area contributed by atoms with Crippen molar-refractivity contribution in [1.82, 2.24) is 10.3 Å². The third kappa shape index (κ3) is 4.08. The molecule has 1 aromatic rings. The molecule has 5 rings (SSSR count). The molecule has 3 unspecified atom stereocenters. The molecule has 6 heteroatoms. The summed E-state index contributed by atoms with van der Waals surface area (Å²) in [5.41, 5.74) is 2.46. The number of oxime groups is 1. The van der Waals surface area contributed by atoms with Crippen molar-refractivity contribution in [3.63, 3.8) is 0 Å². The molecule has 3 saturated carbocycles. The number of terminal acetylenes is 1. The Morgan fingerprint density at radius 2 is 1.97 bits per heavy atom. The van der Waals surface area contributed by atoms with E-state index >= 15 is 0 Å². The van der Waals surface area contributed by atoms with Gasteiger partial charge in [0, 0.05) is 24.4 Å². The summed E-state index contributed by atoms with van der Waals surface area (Å²) >= 11 is 0. The van der Waals surface area contributed by atoms with Crippen molar-refractivity contribution in [2.45, 2.75) is 77.4 Å². The van der Waals surface area contributed by atoms with Crippen molar-refractivity contribution < 1.29 is 14.7 Å². The lowest BCUT2D eigenvalue weighted by Gasteiger charge is -2.58. The van der Waals surface area contributed by atoms with Gasteiger partial charge in [-0.25, -0.2) is 0 Å². The first-order valence-electron chi connectivity index (χ1n) is 13.0. The van der Waals surface area contributed by atoms with E-state index in [1.807, 2.05) is 12.1 Å². The highest BCUT2D eigenvalue weighted by Gasteiger charge is 2.63. The van der Waals surface area contributed by atoms with E-state index < -0.39 is 5.60 Å². The van der Waals surface area contributed by atoms with Crippen LogP contribution in [0.5, 0.6) is 0 Å². The van der Waals surface area contributed by atoms with Crippen molar-refractivity contribution in [3.8, 4) is 12.3 Å². The highest BCUT2D eigenvalue weighted by atomic mass is 16.6. The second-order valence-electron chi connectivity index (χ2n) is 11.5. The summed E-state index contributed by atoms with van der Waals surface area (Å²) in [4.78, 5) is 21.5. The van der Waals surface area contributed by atoms with E-state index in [0.29, 0.717) is 24.3 Å². The molecule has 0 aromatic carbocycles. The molecular weight excluding hydrogens is 438 g/mol. The standard InChI is InChI=1S/C29H37N3O3/c1-4-29(34)14-9-25-23-6-5-21-17-22(7-12-27(21,2)24(23)8-13-28(25,29)3)32-35-19-26(33)31-18-20-10-15-30-16-11-20/h1,10-11,15-17,23-25,34H,5-9,12-14,18-19H2,2-3H3,(H,31,33)/b32-22-/t23?,24?,25?,27-,28-,29+/m0/s1. The summed E-state index contributed by atoms with van der Waals surface area (Å²) < 4.78 is 0. The number of nitrogens with one attached hydrogen (secondary N) is 1. The van der Waals surface area contributed by atoms with Gasteiger partial charge in [-0.3, -0.25) is 9.78 Å². The van der Waals surface area contributed by atoms with Gasteiger partial charge >= 0.3 is 0 Å². The highest BCUT2D eigenvalue weighted by Crippen LogP contribution is 2.67. The van der Waals surface area contributed by atoms with Crippen LogP contribution in [0.3, 0.4) is 0 Å². The largest absolute Gasteiger partial charge is 0.385 e. The predicted octanol–water partition coefficient (Wildman–Crippen LogP) is 4.40. The average molecular weight is 476 g/mol. The van der Waals surface area contributed by atoms with E-state index in [4.69, 9.17) is 11.3 Å². The number of allylic oxidation sites excluding steroid dienone is 2. The molecule has 6 atom stereocenters. The summed E-state index contributed by atoms with van der Waals surface area (Å²) in [6.07, 6.45) is 19.5. The lowest BCUT2D eigenvalue weighted by molar-refractivity contribution is -0.125. The first-order chi connectivity index (χ1) is 16.8. The number of rotatable bonds is 5. The van der Waals surface area contributed by atoms with Crippen LogP contribution < -0.4 is 5.32 Å². The van der Waals surface area contributed by atoms with E-state index in [-0.39, 0.29) is 23.3 Å². The van der Waals surface area contributed by atoms with Crippen LogP contribution in [0.1, 0.15) is 70.8 Å². The molecule has 0 aliphatic heterocycles. The number of aromatic nitrogens is 1. The summed E-state index contributed by atoms with van der Waals surface area (Å²) in [5.74, 6) is 4.34. The van der Waals surface area contributed by atoms with Crippen molar-refractivity contribution in [1.29, 1.82) is 0 Å². The molecule has 0 radical (unpaired) electrons. The molecule has 4 aliphatic carbocycles. The Kier molecular flexibility index (Phi) is 6.25. The maximum Gasteiger partial charge on any atom is 0.261 e. The van der Waals surface area contributed by atoms with Gasteiger partial charge in [0.25, 0.3) is 5.91 Å². The fourth-order valence-corrected chi connectivity index (χ4v) is 7.82. The summed E-state index contributed by atoms with van der Waals surface area (Å²) in [5, 5.41) is 18.3. The SMILES string of the molecule is C#C[C@@]1(O)CCC2C3CCC4=C/C(=N\OCC(=O)NCc5ccncc5)CC[C@]4(C)C3CC[C@@]21C. The number of carbonyl (C=O) groups is 1. The molecular formula is C29H37N3O3. The van der Waals surface area contributed by atoms with E-state index in [1.54, 1.807) is 12.4 Å². The van der Waals surface area contributed by atoms with Crippen LogP contribution in [0.15, 0.2) is 41.3 Å². The topological polar surface area (TPSA) is 83.8 Å². The third-order valence-corrected chi connectivity index (χ3v) is 9.98. The second-order valence-corrected chi connectivity index (χ2v) is 11.5. The van der Waals surface area contributed by atoms with Crippen LogP contribution in [0.2, 0.25) is 0 Å². The number of hydrogen-bond donors (Lipinski definition) is 2. The normalized spacial score (nSPS) is 39.0. The third-order valence-electron chi connectivity index (χ3n) is 9.98. The lowest BCUT2D eigenvalue weighted by Crippen LogP contribution is -2.54. The summed E-state index contributed by atoms with van der Waals surface area (Å²) in [7, 11) is 0. The molecule has 6 nitrogen and oxygen atoms in total. The number of fused-ring (bicyclic) bond motifs is 5. The number of nitrogens with zero attached hydrogens (tertiary/aromatic N) is 2. The van der Waals surface area contributed by atoms with Crippen molar-refractivity contribution >= 4 is 11.6 Å². The Bertz CT molecular complexity index is 1080. The maximum atomic E-state index is 12.1. The number of pyridine rings is 1. The molecule has 1 aromatic heterocycles. The smallest absolute Gasteiger partial charge is 0.261 e. The predicted molar refractivity (Wildman–Crippen MR) is 135 cm³/mol. The van der Waals surface area contributed by atoms with Crippen LogP contribution in [-0.2, 0) is 16.2 Å². The van der Waals surface area contributed by atoms with Gasteiger partial charge in [0.2, 0.25) is 0 Å². The fourth-order valence-electron chi connectivity index (χ4n) is 7.82. The van der Waals surface area contributed by atoms with E-state index in [1.165, 1.54) is 5.57 Å². The van der Waals surface area contributed by atoms with Crippen molar-refractivity contribution in [2.24, 2.45) is 33.7 Å². The molecule has 2 N–H and O–H groups in total. The molecule has 35 heavy (non-hydrogen) atoms. The fraction of sp³-hybridized carbons (Fsp3) is 0.621. The molecule has 0 bridgehead atoms. The van der Waals surface area contributed by atoms with Crippen molar-refractivity contribution in [2.75, 3.05) is 6.61 Å². The van der Waals surface area contributed by atoms with Crippen LogP contribution in [0.25, 0.3) is 0 Å². The molecule has 4 aliphatic rings. The molecule has 0 spiro atoms. The lowest BCUT2D eigenvalue weighted by atomic mass is 9.46. The maximum absolute atomic E-state index is 12.1. The van der Waals surface area contributed by atoms with Gasteiger partial charge in [0.05, 0.1) is 5.71 Å². The molecule has 0 saturated heterocycles. The minimum absolute atomic E-state index is 0.0852. The monoisotopic (exact) mass is 475 g/mol. The number of aliphatic hydroxyl groups is 1. The summed E-state index contributed by atoms with van der Waals surface area (Å²) in [6.45, 7) is 5.04. The Balaban J connectivity index is 1.21. The molecule has 1 heterocycles. The Hall–Kier alpha value is -2.65. The van der Waals surface area contributed by atoms with Crippen LogP contribution in [0.4, 0.5) is 0 Å². The van der Waals surface area contributed by atoms with Gasteiger partial charge in [-0.05, 0) is 98.3 Å². The zero-order valence-corrected chi connectivity index (χ0v) is 20.9. The Morgan fingerprint density at radius 3 is 2.74 bits per heavy atom. The molecule has 186 valence electrons. The molecule has 1 amide bonds. The van der Waals surface area contributed by atoms with Crippen LogP contribution in [0, 0.1) is 40.9 Å². The molecule has 3 fully saturated rings. The minimum Gasteiger partial charge on any atom is -0.385 e. The Morgan fingerprint density at radius 1 is 1.20 bits per heavy atom. The van der Waals surface area contributed by atoms with Crippen molar-refractivity contribution in [3.05, 3.63) is 41.7 Å². The zero-order chi connectivity index (χ0) is 24.7. The Labute approximate surface area is 208 Å². The second kappa shape index (κ2) is 9.09. The van der Waals surface area contributed by atoms with Gasteiger partial charge < -0.3 is 15.3 Å². The summed E-state index contributed by atoms with van der Waals surface area (Å²) in [6, 6.07) is 3.74. The first kappa shape index (κ1) is 24.1. The number of amides is 1. The van der Waals surface area contributed by atoms with Gasteiger partial charge in [-0.2, -0.15) is 0 Å². The van der Waals surface area contributed by atoms with Gasteiger partial charge in [0.15, 0.2) is 6.61 Å². The zero-order valence-electron chi connectivity index (χ0n) is 20.9. The van der Waals surface area contributed by atoms with Gasteiger partial charge in [-0.15, -0.1) is 6.42 Å². The minimum atomic E-state index is -0.950. The van der Waals surface area contributed by atoms with Gasteiger partial charge in [-0.1, -0.05) is 30.5 Å². The highest BCUT2D eigenvalue weighted by molar-refractivity contribution is 5.96. The number of carbonyl (C=O) groups excluding carboxylic acids is 1. The van der Waals surface area contributed by atoms with E-state index in [2.05, 4.69) is 41.3 Å². The number of hydrogen-bond acceptors (Lipinski definition) is 5. The van der Waals surface area contributed by atoms with Gasteiger partial charge in [0.1, 0.15) is 5.60 Å². The quantitative estimate of drug-likeness (QED) is 0.488. The van der Waals surface area contributed by atoms with Crippen LogP contribution in [-0.4, -0.2) is 33.9 Å². The van der Waals surface area contributed by atoms with Crippen LogP contribution >= 0.6 is 0 Å². The average Bonchev–Trinajstić information content (AvgIpc) is 3.14.